The number of sulfonamides is 1. The Kier molecular flexibility index (Phi) is 4.04. The molecule has 1 aliphatic heterocycles. The Balaban J connectivity index is 2.30. The Bertz CT molecular complexity index is 495. The standard InChI is InChI=1S/C11H20N4O2S/c1-9-11(8-13-14-9)18(16,17)15-6-4-3-5-10(15)7-12-2/h8,10,12H,3-7H2,1-2H3,(H,13,14). The summed E-state index contributed by atoms with van der Waals surface area (Å²) in [6.45, 7) is 3.02. The normalized spacial score (nSPS) is 22.2. The predicted octanol–water partition coefficient (Wildman–Crippen LogP) is 0.481. The van der Waals surface area contributed by atoms with E-state index >= 15 is 0 Å². The fraction of sp³-hybridized carbons (Fsp3) is 0.727. The second kappa shape index (κ2) is 5.38. The van der Waals surface area contributed by atoms with Gasteiger partial charge < -0.3 is 5.32 Å². The first-order chi connectivity index (χ1) is 8.57. The number of likely N-dealkylation sites (N-methyl/N-ethyl adjacent to an activating group) is 1. The zero-order valence-corrected chi connectivity index (χ0v) is 11.6. The van der Waals surface area contributed by atoms with Crippen LogP contribution in [0.1, 0.15) is 25.0 Å². The number of hydrogen-bond acceptors (Lipinski definition) is 4. The molecule has 2 heterocycles. The van der Waals surface area contributed by atoms with Crippen LogP contribution >= 0.6 is 0 Å². The highest BCUT2D eigenvalue weighted by Crippen LogP contribution is 2.25. The molecule has 1 aliphatic rings. The van der Waals surface area contributed by atoms with E-state index in [0.717, 1.165) is 19.3 Å². The second-order valence-corrected chi connectivity index (χ2v) is 6.54. The lowest BCUT2D eigenvalue weighted by Gasteiger charge is -2.34. The number of aromatic amines is 1. The van der Waals surface area contributed by atoms with E-state index in [1.165, 1.54) is 6.20 Å². The van der Waals surface area contributed by atoms with Crippen molar-refractivity contribution >= 4 is 10.0 Å². The summed E-state index contributed by atoms with van der Waals surface area (Å²) in [5.41, 5.74) is 0.601. The molecule has 2 N–H and O–H groups in total. The van der Waals surface area contributed by atoms with Crippen LogP contribution in [-0.4, -0.2) is 49.1 Å². The summed E-state index contributed by atoms with van der Waals surface area (Å²) in [4.78, 5) is 0.297. The third-order valence-electron chi connectivity index (χ3n) is 3.38. The molecule has 0 amide bonds. The molecule has 1 aromatic rings. The molecule has 2 rings (SSSR count). The quantitative estimate of drug-likeness (QED) is 0.835. The minimum Gasteiger partial charge on any atom is -0.318 e. The van der Waals surface area contributed by atoms with Gasteiger partial charge in [0.15, 0.2) is 0 Å². The van der Waals surface area contributed by atoms with E-state index in [1.807, 2.05) is 7.05 Å². The lowest BCUT2D eigenvalue weighted by Crippen LogP contribution is -2.47. The molecule has 1 fully saturated rings. The smallest absolute Gasteiger partial charge is 0.246 e. The zero-order valence-electron chi connectivity index (χ0n) is 10.8. The first kappa shape index (κ1) is 13.5. The number of rotatable bonds is 4. The van der Waals surface area contributed by atoms with Crippen molar-refractivity contribution in [2.45, 2.75) is 37.1 Å². The molecule has 1 atom stereocenters. The molecule has 0 aromatic carbocycles. The fourth-order valence-corrected chi connectivity index (χ4v) is 4.27. The minimum absolute atomic E-state index is 0.0445. The highest BCUT2D eigenvalue weighted by molar-refractivity contribution is 7.89. The van der Waals surface area contributed by atoms with Crippen molar-refractivity contribution in [2.75, 3.05) is 20.1 Å². The van der Waals surface area contributed by atoms with Crippen LogP contribution in [0.5, 0.6) is 0 Å². The Labute approximate surface area is 108 Å². The molecule has 0 spiro atoms. The van der Waals surface area contributed by atoms with Gasteiger partial charge in [-0.25, -0.2) is 8.42 Å². The summed E-state index contributed by atoms with van der Waals surface area (Å²) in [6, 6.07) is 0.0445. The molecule has 0 saturated carbocycles. The highest BCUT2D eigenvalue weighted by atomic mass is 32.2. The van der Waals surface area contributed by atoms with Crippen LogP contribution in [0, 0.1) is 6.92 Å². The van der Waals surface area contributed by atoms with Gasteiger partial charge in [-0.2, -0.15) is 9.40 Å². The fourth-order valence-electron chi connectivity index (χ4n) is 2.46. The largest absolute Gasteiger partial charge is 0.318 e. The van der Waals surface area contributed by atoms with Gasteiger partial charge in [0.1, 0.15) is 4.90 Å². The van der Waals surface area contributed by atoms with Crippen LogP contribution < -0.4 is 5.32 Å². The van der Waals surface area contributed by atoms with Crippen molar-refractivity contribution in [3.8, 4) is 0 Å². The summed E-state index contributed by atoms with van der Waals surface area (Å²) in [7, 11) is -1.57. The molecule has 0 radical (unpaired) electrons. The molecule has 1 saturated heterocycles. The monoisotopic (exact) mass is 272 g/mol. The molecule has 0 aliphatic carbocycles. The number of aryl methyl sites for hydroxylation is 1. The lowest BCUT2D eigenvalue weighted by molar-refractivity contribution is 0.249. The Hall–Kier alpha value is -0.920. The van der Waals surface area contributed by atoms with E-state index < -0.39 is 10.0 Å². The summed E-state index contributed by atoms with van der Waals surface area (Å²) in [5, 5.41) is 9.57. The van der Waals surface area contributed by atoms with E-state index in [2.05, 4.69) is 15.5 Å². The average molecular weight is 272 g/mol. The average Bonchev–Trinajstić information content (AvgIpc) is 2.77. The van der Waals surface area contributed by atoms with Crippen LogP contribution in [0.15, 0.2) is 11.1 Å². The Morgan fingerprint density at radius 3 is 2.94 bits per heavy atom. The Morgan fingerprint density at radius 1 is 1.56 bits per heavy atom. The molecule has 7 heteroatoms. The number of hydrogen-bond donors (Lipinski definition) is 2. The van der Waals surface area contributed by atoms with Crippen molar-refractivity contribution < 1.29 is 8.42 Å². The van der Waals surface area contributed by atoms with Crippen LogP contribution in [-0.2, 0) is 10.0 Å². The maximum absolute atomic E-state index is 12.6. The predicted molar refractivity (Wildman–Crippen MR) is 68.8 cm³/mol. The summed E-state index contributed by atoms with van der Waals surface area (Å²) in [5.74, 6) is 0. The van der Waals surface area contributed by atoms with Gasteiger partial charge >= 0.3 is 0 Å². The third-order valence-corrected chi connectivity index (χ3v) is 5.45. The van der Waals surface area contributed by atoms with Crippen LogP contribution in [0.4, 0.5) is 0 Å². The minimum atomic E-state index is -3.42. The van der Waals surface area contributed by atoms with Gasteiger partial charge in [-0.15, -0.1) is 0 Å². The molecule has 102 valence electrons. The topological polar surface area (TPSA) is 78.1 Å². The van der Waals surface area contributed by atoms with Crippen molar-refractivity contribution in [1.29, 1.82) is 0 Å². The van der Waals surface area contributed by atoms with Crippen LogP contribution in [0.25, 0.3) is 0 Å². The van der Waals surface area contributed by atoms with E-state index in [1.54, 1.807) is 11.2 Å². The van der Waals surface area contributed by atoms with Gasteiger partial charge in [0, 0.05) is 19.1 Å². The van der Waals surface area contributed by atoms with Gasteiger partial charge in [-0.1, -0.05) is 6.42 Å². The summed E-state index contributed by atoms with van der Waals surface area (Å²) < 4.78 is 26.8. The van der Waals surface area contributed by atoms with Gasteiger partial charge in [0.05, 0.1) is 11.9 Å². The molecule has 6 nitrogen and oxygen atoms in total. The van der Waals surface area contributed by atoms with E-state index in [-0.39, 0.29) is 6.04 Å². The SMILES string of the molecule is CNCC1CCCCN1S(=O)(=O)c1cn[nH]c1C. The van der Waals surface area contributed by atoms with Crippen molar-refractivity contribution in [1.82, 2.24) is 19.8 Å². The first-order valence-corrected chi connectivity index (χ1v) is 7.68. The van der Waals surface area contributed by atoms with Gasteiger partial charge in [-0.3, -0.25) is 5.10 Å². The summed E-state index contributed by atoms with van der Waals surface area (Å²) >= 11 is 0. The molecular weight excluding hydrogens is 252 g/mol. The van der Waals surface area contributed by atoms with Gasteiger partial charge in [-0.05, 0) is 26.8 Å². The van der Waals surface area contributed by atoms with Crippen molar-refractivity contribution in [3.05, 3.63) is 11.9 Å². The van der Waals surface area contributed by atoms with Gasteiger partial charge in [0.25, 0.3) is 0 Å². The first-order valence-electron chi connectivity index (χ1n) is 6.23. The van der Waals surface area contributed by atoms with Crippen LogP contribution in [0.3, 0.4) is 0 Å². The van der Waals surface area contributed by atoms with Crippen molar-refractivity contribution in [3.63, 3.8) is 0 Å². The van der Waals surface area contributed by atoms with Crippen LogP contribution in [0.2, 0.25) is 0 Å². The molecule has 1 unspecified atom stereocenters. The molecule has 18 heavy (non-hydrogen) atoms. The highest BCUT2D eigenvalue weighted by Gasteiger charge is 2.34. The third kappa shape index (κ3) is 2.43. The van der Waals surface area contributed by atoms with Gasteiger partial charge in [0.2, 0.25) is 10.0 Å². The molecule has 0 bridgehead atoms. The number of nitrogens with one attached hydrogen (secondary N) is 2. The molecular formula is C11H20N4O2S. The molecule has 1 aromatic heterocycles. The van der Waals surface area contributed by atoms with E-state index in [4.69, 9.17) is 0 Å². The number of aromatic nitrogens is 2. The number of H-pyrrole nitrogens is 1. The zero-order chi connectivity index (χ0) is 13.2. The van der Waals surface area contributed by atoms with E-state index in [0.29, 0.717) is 23.7 Å². The Morgan fingerprint density at radius 2 is 2.33 bits per heavy atom. The summed E-state index contributed by atoms with van der Waals surface area (Å²) in [6.07, 6.45) is 4.33. The maximum Gasteiger partial charge on any atom is 0.246 e. The number of nitrogens with zero attached hydrogens (tertiary/aromatic N) is 2. The maximum atomic E-state index is 12.6. The van der Waals surface area contributed by atoms with E-state index in [9.17, 15) is 8.42 Å². The number of piperidine rings is 1. The lowest BCUT2D eigenvalue weighted by atomic mass is 10.1. The second-order valence-electron chi connectivity index (χ2n) is 4.68. The van der Waals surface area contributed by atoms with Crippen molar-refractivity contribution in [2.24, 2.45) is 0 Å².